The van der Waals surface area contributed by atoms with E-state index in [4.69, 9.17) is 0 Å². The highest BCUT2D eigenvalue weighted by Gasteiger charge is 2.03. The van der Waals surface area contributed by atoms with E-state index >= 15 is 0 Å². The van der Waals surface area contributed by atoms with Crippen molar-refractivity contribution in [3.63, 3.8) is 0 Å². The summed E-state index contributed by atoms with van der Waals surface area (Å²) in [4.78, 5) is 4.57. The molecule has 0 aliphatic rings. The number of rotatable bonds is 3. The standard InChI is InChI=1S/C16H21N/c1-7-12(3)14(5)17-15(6)16-10-11(2)8-9-13(16)4/h7-10H,5H2,1-4,6H3/b12-7+,17-15-. The van der Waals surface area contributed by atoms with Crippen LogP contribution in [-0.2, 0) is 0 Å². The molecule has 0 unspecified atom stereocenters. The summed E-state index contributed by atoms with van der Waals surface area (Å²) >= 11 is 0. The molecule has 0 radical (unpaired) electrons. The van der Waals surface area contributed by atoms with Gasteiger partial charge in [-0.3, -0.25) is 4.99 Å². The normalized spacial score (nSPS) is 12.8. The van der Waals surface area contributed by atoms with Crippen LogP contribution in [0.3, 0.4) is 0 Å². The van der Waals surface area contributed by atoms with Crippen LogP contribution in [0.4, 0.5) is 0 Å². The first-order chi connectivity index (χ1) is 7.95. The summed E-state index contributed by atoms with van der Waals surface area (Å²) in [7, 11) is 0. The first-order valence-corrected chi connectivity index (χ1v) is 5.90. The number of aliphatic imine (C=N–C) groups is 1. The molecule has 0 spiro atoms. The van der Waals surface area contributed by atoms with Gasteiger partial charge in [0.1, 0.15) is 0 Å². The number of benzene rings is 1. The molecule has 1 rings (SSSR count). The molecule has 17 heavy (non-hydrogen) atoms. The van der Waals surface area contributed by atoms with E-state index in [-0.39, 0.29) is 0 Å². The van der Waals surface area contributed by atoms with E-state index in [9.17, 15) is 0 Å². The van der Waals surface area contributed by atoms with Crippen molar-refractivity contribution >= 4 is 5.71 Å². The van der Waals surface area contributed by atoms with Gasteiger partial charge < -0.3 is 0 Å². The average molecular weight is 227 g/mol. The van der Waals surface area contributed by atoms with Crippen LogP contribution in [0.15, 0.2) is 47.1 Å². The minimum Gasteiger partial charge on any atom is -0.253 e. The van der Waals surface area contributed by atoms with Gasteiger partial charge >= 0.3 is 0 Å². The highest BCUT2D eigenvalue weighted by molar-refractivity contribution is 6.00. The van der Waals surface area contributed by atoms with Crippen LogP contribution in [-0.4, -0.2) is 5.71 Å². The molecule has 0 amide bonds. The fourth-order valence-electron chi connectivity index (χ4n) is 1.64. The highest BCUT2D eigenvalue weighted by Crippen LogP contribution is 2.15. The third-order valence-corrected chi connectivity index (χ3v) is 2.97. The summed E-state index contributed by atoms with van der Waals surface area (Å²) in [5, 5.41) is 0. The van der Waals surface area contributed by atoms with Crippen LogP contribution >= 0.6 is 0 Å². The minimum absolute atomic E-state index is 0.839. The van der Waals surface area contributed by atoms with Crippen LogP contribution in [0, 0.1) is 13.8 Å². The Labute approximate surface area is 105 Å². The second-order valence-electron chi connectivity index (χ2n) is 4.43. The van der Waals surface area contributed by atoms with Gasteiger partial charge in [-0.15, -0.1) is 0 Å². The molecule has 0 aliphatic carbocycles. The van der Waals surface area contributed by atoms with Gasteiger partial charge in [0.15, 0.2) is 0 Å². The molecular formula is C16H21N. The molecule has 0 bridgehead atoms. The van der Waals surface area contributed by atoms with Gasteiger partial charge in [0.25, 0.3) is 0 Å². The van der Waals surface area contributed by atoms with E-state index in [0.717, 1.165) is 17.0 Å². The van der Waals surface area contributed by atoms with Gasteiger partial charge in [-0.25, -0.2) is 0 Å². The van der Waals surface area contributed by atoms with Crippen LogP contribution in [0.2, 0.25) is 0 Å². The average Bonchev–Trinajstić information content (AvgIpc) is 2.30. The predicted octanol–water partition coefficient (Wildman–Crippen LogP) is 4.59. The summed E-state index contributed by atoms with van der Waals surface area (Å²) in [6, 6.07) is 6.43. The SMILES string of the molecule is C=C(/N=C(/C)c1cc(C)ccc1C)/C(C)=C/C. The lowest BCUT2D eigenvalue weighted by Gasteiger charge is -2.08. The Hall–Kier alpha value is -1.63. The monoisotopic (exact) mass is 227 g/mol. The lowest BCUT2D eigenvalue weighted by molar-refractivity contribution is 1.27. The van der Waals surface area contributed by atoms with Crippen LogP contribution in [0.5, 0.6) is 0 Å². The summed E-state index contributed by atoms with van der Waals surface area (Å²) in [6.45, 7) is 14.3. The van der Waals surface area contributed by atoms with E-state index in [0.29, 0.717) is 0 Å². The maximum atomic E-state index is 4.57. The molecule has 1 aromatic carbocycles. The zero-order valence-electron chi connectivity index (χ0n) is 11.5. The van der Waals surface area contributed by atoms with E-state index in [1.165, 1.54) is 16.7 Å². The Morgan fingerprint density at radius 1 is 1.24 bits per heavy atom. The van der Waals surface area contributed by atoms with Crippen molar-refractivity contribution in [2.24, 2.45) is 4.99 Å². The van der Waals surface area contributed by atoms with Crippen molar-refractivity contribution in [3.05, 3.63) is 58.8 Å². The van der Waals surface area contributed by atoms with Gasteiger partial charge in [0.05, 0.1) is 5.70 Å². The molecule has 0 saturated carbocycles. The lowest BCUT2D eigenvalue weighted by Crippen LogP contribution is -1.99. The molecular weight excluding hydrogens is 206 g/mol. The van der Waals surface area contributed by atoms with Crippen molar-refractivity contribution in [2.75, 3.05) is 0 Å². The van der Waals surface area contributed by atoms with Crippen LogP contribution in [0.25, 0.3) is 0 Å². The Morgan fingerprint density at radius 2 is 1.88 bits per heavy atom. The third-order valence-electron chi connectivity index (χ3n) is 2.97. The number of aryl methyl sites for hydroxylation is 2. The Kier molecular flexibility index (Phi) is 4.45. The van der Waals surface area contributed by atoms with Crippen molar-refractivity contribution in [1.82, 2.24) is 0 Å². The topological polar surface area (TPSA) is 12.4 Å². The van der Waals surface area contributed by atoms with Crippen molar-refractivity contribution in [2.45, 2.75) is 34.6 Å². The van der Waals surface area contributed by atoms with Crippen LogP contribution in [0.1, 0.15) is 37.5 Å². The number of allylic oxidation sites excluding steroid dienone is 2. The lowest BCUT2D eigenvalue weighted by atomic mass is 10.0. The summed E-state index contributed by atoms with van der Waals surface area (Å²) in [6.07, 6.45) is 2.03. The number of hydrogen-bond donors (Lipinski definition) is 0. The quantitative estimate of drug-likeness (QED) is 0.529. The molecule has 1 nitrogen and oxygen atoms in total. The molecule has 0 aromatic heterocycles. The third kappa shape index (κ3) is 3.42. The molecule has 0 N–H and O–H groups in total. The molecule has 90 valence electrons. The van der Waals surface area contributed by atoms with E-state index in [1.54, 1.807) is 0 Å². The maximum absolute atomic E-state index is 4.57. The second kappa shape index (κ2) is 5.62. The zero-order chi connectivity index (χ0) is 13.0. The van der Waals surface area contributed by atoms with E-state index < -0.39 is 0 Å². The molecule has 0 heterocycles. The molecule has 0 atom stereocenters. The van der Waals surface area contributed by atoms with E-state index in [1.807, 2.05) is 26.8 Å². The minimum atomic E-state index is 0.839. The fourth-order valence-corrected chi connectivity index (χ4v) is 1.64. The molecule has 1 aromatic rings. The number of hydrogen-bond acceptors (Lipinski definition) is 1. The van der Waals surface area contributed by atoms with Gasteiger partial charge in [-0.1, -0.05) is 30.4 Å². The van der Waals surface area contributed by atoms with E-state index in [2.05, 4.69) is 43.6 Å². The van der Waals surface area contributed by atoms with Gasteiger partial charge in [-0.2, -0.15) is 0 Å². The number of nitrogens with zero attached hydrogens (tertiary/aromatic N) is 1. The first kappa shape index (κ1) is 13.4. The summed E-state index contributed by atoms with van der Waals surface area (Å²) < 4.78 is 0. The fraction of sp³-hybridized carbons (Fsp3) is 0.312. The van der Waals surface area contributed by atoms with Gasteiger partial charge in [0.2, 0.25) is 0 Å². The highest BCUT2D eigenvalue weighted by atomic mass is 14.8. The second-order valence-corrected chi connectivity index (χ2v) is 4.43. The molecule has 0 aliphatic heterocycles. The predicted molar refractivity (Wildman–Crippen MR) is 76.7 cm³/mol. The summed E-state index contributed by atoms with van der Waals surface area (Å²) in [5.41, 5.74) is 6.70. The largest absolute Gasteiger partial charge is 0.253 e. The molecule has 0 fully saturated rings. The summed E-state index contributed by atoms with van der Waals surface area (Å²) in [5.74, 6) is 0. The zero-order valence-corrected chi connectivity index (χ0v) is 11.5. The molecule has 1 heteroatoms. The maximum Gasteiger partial charge on any atom is 0.0587 e. The van der Waals surface area contributed by atoms with Crippen molar-refractivity contribution < 1.29 is 0 Å². The first-order valence-electron chi connectivity index (χ1n) is 5.90. The Bertz CT molecular complexity index is 490. The van der Waals surface area contributed by atoms with Crippen molar-refractivity contribution in [1.29, 1.82) is 0 Å². The van der Waals surface area contributed by atoms with Crippen LogP contribution < -0.4 is 0 Å². The van der Waals surface area contributed by atoms with Crippen molar-refractivity contribution in [3.8, 4) is 0 Å². The Morgan fingerprint density at radius 3 is 2.47 bits per heavy atom. The smallest absolute Gasteiger partial charge is 0.0587 e. The van der Waals surface area contributed by atoms with Gasteiger partial charge in [0, 0.05) is 5.71 Å². The Balaban J connectivity index is 3.12. The van der Waals surface area contributed by atoms with Gasteiger partial charge in [-0.05, 0) is 57.4 Å². The molecule has 0 saturated heterocycles.